The van der Waals surface area contributed by atoms with E-state index in [-0.39, 0.29) is 11.8 Å². The van der Waals surface area contributed by atoms with Crippen molar-refractivity contribution in [3.05, 3.63) is 41.0 Å². The van der Waals surface area contributed by atoms with Gasteiger partial charge < -0.3 is 14.8 Å². The molecule has 1 aromatic carbocycles. The van der Waals surface area contributed by atoms with Crippen LogP contribution in [0.5, 0.6) is 0 Å². The first-order valence-electron chi connectivity index (χ1n) is 9.22. The lowest BCUT2D eigenvalue weighted by Gasteiger charge is -2.26. The summed E-state index contributed by atoms with van der Waals surface area (Å²) in [6, 6.07) is 5.51. The van der Waals surface area contributed by atoms with E-state index in [0.717, 1.165) is 48.7 Å². The third kappa shape index (κ3) is 3.09. The van der Waals surface area contributed by atoms with Crippen molar-refractivity contribution in [3.8, 4) is 0 Å². The summed E-state index contributed by atoms with van der Waals surface area (Å²) in [6.45, 7) is 1.30. The molecule has 2 aliphatic rings. The highest BCUT2D eigenvalue weighted by Crippen LogP contribution is 2.27. The van der Waals surface area contributed by atoms with Crippen molar-refractivity contribution in [1.82, 2.24) is 20.1 Å². The van der Waals surface area contributed by atoms with Gasteiger partial charge in [0.1, 0.15) is 5.82 Å². The SMILES string of the molecule is CN1C(=O)CCc2cc(C(=O)NCc3nnc4n3CCCCC4)ccc21. The van der Waals surface area contributed by atoms with Gasteiger partial charge in [0, 0.05) is 37.7 Å². The Kier molecular flexibility index (Phi) is 4.44. The fraction of sp³-hybridized carbons (Fsp3) is 0.474. The van der Waals surface area contributed by atoms with Crippen molar-refractivity contribution in [2.24, 2.45) is 0 Å². The highest BCUT2D eigenvalue weighted by molar-refractivity contribution is 5.98. The average Bonchev–Trinajstić information content (AvgIpc) is 2.88. The number of carbonyl (C=O) groups excluding carboxylic acids is 2. The van der Waals surface area contributed by atoms with Gasteiger partial charge in [0.25, 0.3) is 5.91 Å². The third-order valence-electron chi connectivity index (χ3n) is 5.28. The normalized spacial score (nSPS) is 16.7. The molecule has 0 saturated heterocycles. The maximum absolute atomic E-state index is 12.6. The van der Waals surface area contributed by atoms with Crippen LogP contribution in [-0.2, 0) is 30.7 Å². The average molecular weight is 353 g/mol. The minimum atomic E-state index is -0.127. The van der Waals surface area contributed by atoms with E-state index in [2.05, 4.69) is 20.1 Å². The van der Waals surface area contributed by atoms with Gasteiger partial charge in [0.05, 0.1) is 6.54 Å². The van der Waals surface area contributed by atoms with Crippen molar-refractivity contribution in [2.75, 3.05) is 11.9 Å². The molecule has 0 saturated carbocycles. The molecule has 7 heteroatoms. The van der Waals surface area contributed by atoms with E-state index in [9.17, 15) is 9.59 Å². The number of rotatable bonds is 3. The molecule has 26 heavy (non-hydrogen) atoms. The van der Waals surface area contributed by atoms with E-state index >= 15 is 0 Å². The summed E-state index contributed by atoms with van der Waals surface area (Å²) in [5.41, 5.74) is 2.54. The molecule has 1 N–H and O–H groups in total. The molecule has 0 spiro atoms. The smallest absolute Gasteiger partial charge is 0.251 e. The first-order chi connectivity index (χ1) is 12.6. The second-order valence-electron chi connectivity index (χ2n) is 6.97. The van der Waals surface area contributed by atoms with Gasteiger partial charge in [-0.1, -0.05) is 6.42 Å². The van der Waals surface area contributed by atoms with Gasteiger partial charge in [-0.3, -0.25) is 9.59 Å². The molecule has 136 valence electrons. The summed E-state index contributed by atoms with van der Waals surface area (Å²) in [7, 11) is 1.77. The molecule has 2 aromatic rings. The van der Waals surface area contributed by atoms with Crippen LogP contribution in [0.4, 0.5) is 5.69 Å². The summed E-state index contributed by atoms with van der Waals surface area (Å²) in [6.07, 6.45) is 5.61. The van der Waals surface area contributed by atoms with Gasteiger partial charge >= 0.3 is 0 Å². The van der Waals surface area contributed by atoms with Gasteiger partial charge in [-0.25, -0.2) is 0 Å². The largest absolute Gasteiger partial charge is 0.345 e. The zero-order chi connectivity index (χ0) is 18.1. The van der Waals surface area contributed by atoms with Crippen LogP contribution in [0.2, 0.25) is 0 Å². The Morgan fingerprint density at radius 3 is 2.92 bits per heavy atom. The molecular formula is C19H23N5O2. The molecule has 0 unspecified atom stereocenters. The number of nitrogens with zero attached hydrogens (tertiary/aromatic N) is 4. The van der Waals surface area contributed by atoms with E-state index in [1.54, 1.807) is 18.0 Å². The Balaban J connectivity index is 1.46. The topological polar surface area (TPSA) is 80.1 Å². The second-order valence-corrected chi connectivity index (χ2v) is 6.97. The van der Waals surface area contributed by atoms with E-state index in [4.69, 9.17) is 0 Å². The van der Waals surface area contributed by atoms with Gasteiger partial charge in [0.2, 0.25) is 5.91 Å². The number of aromatic nitrogens is 3. The Morgan fingerprint density at radius 2 is 2.04 bits per heavy atom. The van der Waals surface area contributed by atoms with Crippen molar-refractivity contribution in [3.63, 3.8) is 0 Å². The monoisotopic (exact) mass is 353 g/mol. The molecule has 0 radical (unpaired) electrons. The Morgan fingerprint density at radius 1 is 1.15 bits per heavy atom. The fourth-order valence-corrected chi connectivity index (χ4v) is 3.74. The number of fused-ring (bicyclic) bond motifs is 2. The number of benzene rings is 1. The van der Waals surface area contributed by atoms with Crippen molar-refractivity contribution in [1.29, 1.82) is 0 Å². The molecule has 0 aliphatic carbocycles. The standard InChI is InChI=1S/C19H23N5O2/c1-23-15-8-6-14(11-13(15)7-9-18(23)25)19(26)20-12-17-22-21-16-5-3-2-4-10-24(16)17/h6,8,11H,2-5,7,9-10,12H2,1H3,(H,20,26). The third-order valence-corrected chi connectivity index (χ3v) is 5.28. The summed E-state index contributed by atoms with van der Waals surface area (Å²) in [5, 5.41) is 11.5. The number of carbonyl (C=O) groups is 2. The lowest BCUT2D eigenvalue weighted by molar-refractivity contribution is -0.118. The van der Waals surface area contributed by atoms with Crippen LogP contribution in [0.15, 0.2) is 18.2 Å². The number of nitrogens with one attached hydrogen (secondary N) is 1. The van der Waals surface area contributed by atoms with Crippen molar-refractivity contribution >= 4 is 17.5 Å². The molecule has 0 bridgehead atoms. The highest BCUT2D eigenvalue weighted by atomic mass is 16.2. The van der Waals surface area contributed by atoms with Gasteiger partial charge in [-0.15, -0.1) is 10.2 Å². The summed E-state index contributed by atoms with van der Waals surface area (Å²) in [4.78, 5) is 26.0. The predicted octanol–water partition coefficient (Wildman–Crippen LogP) is 1.84. The van der Waals surface area contributed by atoms with Crippen LogP contribution in [0.1, 0.15) is 53.3 Å². The van der Waals surface area contributed by atoms with Crippen molar-refractivity contribution < 1.29 is 9.59 Å². The minimum absolute atomic E-state index is 0.113. The minimum Gasteiger partial charge on any atom is -0.345 e. The molecule has 2 aliphatic heterocycles. The zero-order valence-corrected chi connectivity index (χ0v) is 15.0. The van der Waals surface area contributed by atoms with Crippen LogP contribution in [0, 0.1) is 0 Å². The van der Waals surface area contributed by atoms with E-state index in [1.165, 1.54) is 6.42 Å². The summed E-state index contributed by atoms with van der Waals surface area (Å²) in [5.74, 6) is 1.83. The number of amides is 2. The zero-order valence-electron chi connectivity index (χ0n) is 15.0. The maximum Gasteiger partial charge on any atom is 0.251 e. The number of aryl methyl sites for hydroxylation is 2. The van der Waals surface area contributed by atoms with Crippen LogP contribution in [0.25, 0.3) is 0 Å². The van der Waals surface area contributed by atoms with Crippen LogP contribution < -0.4 is 10.2 Å². The van der Waals surface area contributed by atoms with E-state index in [1.807, 2.05) is 12.1 Å². The van der Waals surface area contributed by atoms with Crippen LogP contribution in [0.3, 0.4) is 0 Å². The number of hydrogen-bond donors (Lipinski definition) is 1. The second kappa shape index (κ2) is 6.90. The van der Waals surface area contributed by atoms with Gasteiger partial charge in [0.15, 0.2) is 5.82 Å². The Labute approximate surface area is 152 Å². The van der Waals surface area contributed by atoms with Gasteiger partial charge in [-0.2, -0.15) is 0 Å². The molecule has 4 rings (SSSR count). The Hall–Kier alpha value is -2.70. The first kappa shape index (κ1) is 16.8. The van der Waals surface area contributed by atoms with Crippen LogP contribution >= 0.6 is 0 Å². The quantitative estimate of drug-likeness (QED) is 0.913. The van der Waals surface area contributed by atoms with E-state index < -0.39 is 0 Å². The Bertz CT molecular complexity index is 858. The molecule has 2 amide bonds. The highest BCUT2D eigenvalue weighted by Gasteiger charge is 2.22. The molecule has 3 heterocycles. The predicted molar refractivity (Wildman–Crippen MR) is 96.9 cm³/mol. The molecule has 1 aromatic heterocycles. The first-order valence-corrected chi connectivity index (χ1v) is 9.22. The maximum atomic E-state index is 12.6. The summed E-state index contributed by atoms with van der Waals surface area (Å²) >= 11 is 0. The lowest BCUT2D eigenvalue weighted by Crippen LogP contribution is -2.31. The molecule has 0 atom stereocenters. The number of anilines is 1. The molecule has 0 fully saturated rings. The number of hydrogen-bond acceptors (Lipinski definition) is 4. The van der Waals surface area contributed by atoms with Crippen molar-refractivity contribution in [2.45, 2.75) is 51.6 Å². The molecule has 7 nitrogen and oxygen atoms in total. The van der Waals surface area contributed by atoms with Gasteiger partial charge in [-0.05, 0) is 43.0 Å². The lowest BCUT2D eigenvalue weighted by atomic mass is 9.99. The van der Waals surface area contributed by atoms with E-state index in [0.29, 0.717) is 24.9 Å². The summed E-state index contributed by atoms with van der Waals surface area (Å²) < 4.78 is 2.14. The molecular weight excluding hydrogens is 330 g/mol. The fourth-order valence-electron chi connectivity index (χ4n) is 3.74. The van der Waals surface area contributed by atoms with Crippen LogP contribution in [-0.4, -0.2) is 33.6 Å².